The Morgan fingerprint density at radius 3 is 2.07 bits per heavy atom. The summed E-state index contributed by atoms with van der Waals surface area (Å²) in [4.78, 5) is 0. The topological polar surface area (TPSA) is 74.2 Å². The van der Waals surface area contributed by atoms with E-state index in [9.17, 15) is 9.67 Å². The third-order valence-corrected chi connectivity index (χ3v) is 7.87. The Kier molecular flexibility index (Phi) is 11.6. The molecule has 0 bridgehead atoms. The summed E-state index contributed by atoms with van der Waals surface area (Å²) in [5.74, 6) is -1.28. The van der Waals surface area contributed by atoms with Gasteiger partial charge in [0.25, 0.3) is 7.37 Å². The van der Waals surface area contributed by atoms with Crippen LogP contribution >= 0.6 is 7.37 Å². The highest BCUT2D eigenvalue weighted by Crippen LogP contribution is 2.57. The van der Waals surface area contributed by atoms with E-state index < -0.39 is 31.5 Å². The van der Waals surface area contributed by atoms with Crippen LogP contribution in [0.15, 0.2) is 30.3 Å². The van der Waals surface area contributed by atoms with Gasteiger partial charge in [-0.25, -0.2) is 0 Å². The van der Waals surface area contributed by atoms with Gasteiger partial charge in [0, 0.05) is 25.1 Å². The van der Waals surface area contributed by atoms with Crippen LogP contribution in [0.25, 0.3) is 0 Å². The average Bonchev–Trinajstić information content (AvgIpc) is 2.76. The van der Waals surface area contributed by atoms with Crippen LogP contribution in [0.1, 0.15) is 59.3 Å². The highest BCUT2D eigenvalue weighted by Gasteiger charge is 2.53. The molecule has 0 amide bonds. The summed E-state index contributed by atoms with van der Waals surface area (Å²) < 4.78 is 38.0. The fourth-order valence-corrected chi connectivity index (χ4v) is 5.79. The lowest BCUT2D eigenvalue weighted by Gasteiger charge is -2.44. The quantitative estimate of drug-likeness (QED) is 0.338. The Labute approximate surface area is 181 Å². The lowest BCUT2D eigenvalue weighted by atomic mass is 10.1. The molecule has 5 atom stereocenters. The molecule has 0 radical (unpaired) electrons. The minimum Gasteiger partial charge on any atom is -0.380 e. The maximum Gasteiger partial charge on any atom is 0.262 e. The first-order valence-corrected chi connectivity index (χ1v) is 13.1. The van der Waals surface area contributed by atoms with Crippen molar-refractivity contribution in [3.8, 4) is 0 Å². The van der Waals surface area contributed by atoms with Crippen LogP contribution in [-0.4, -0.2) is 55.7 Å². The van der Waals surface area contributed by atoms with Gasteiger partial charge in [0.2, 0.25) is 0 Å². The van der Waals surface area contributed by atoms with Crippen molar-refractivity contribution in [1.82, 2.24) is 0 Å². The summed E-state index contributed by atoms with van der Waals surface area (Å²) in [7, 11) is -3.58. The molecule has 1 heterocycles. The molecule has 0 saturated carbocycles. The van der Waals surface area contributed by atoms with E-state index in [0.29, 0.717) is 25.1 Å². The number of hydrogen-bond donors (Lipinski definition) is 1. The van der Waals surface area contributed by atoms with Crippen molar-refractivity contribution in [3.63, 3.8) is 0 Å². The Hall–Kier alpha value is -0.750. The number of aliphatic hydroxyl groups excluding tert-OH is 1. The molecule has 1 aliphatic rings. The molecule has 0 aromatic heterocycles. The zero-order valence-corrected chi connectivity index (χ0v) is 19.6. The number of hydrogen-bond acceptors (Lipinski definition) is 6. The van der Waals surface area contributed by atoms with Crippen LogP contribution in [0, 0.1) is 0 Å². The van der Waals surface area contributed by atoms with E-state index in [1.54, 1.807) is 24.3 Å². The molecular weight excluding hydrogens is 403 g/mol. The summed E-state index contributed by atoms with van der Waals surface area (Å²) in [6, 6.07) is 8.92. The highest BCUT2D eigenvalue weighted by molar-refractivity contribution is 7.67. The summed E-state index contributed by atoms with van der Waals surface area (Å²) >= 11 is 0. The second-order valence-corrected chi connectivity index (χ2v) is 10.2. The van der Waals surface area contributed by atoms with Gasteiger partial charge in [0.05, 0.1) is 6.61 Å². The standard InChI is InChI=1S/C23H39O6P/c1-4-7-15-26-18-20-21(27-16-8-5-2)22(28-17-9-6-3)23(24)30(25,29-20)19-13-11-10-12-14-19/h10-14,20-24H,4-9,15-18H2,1-3H3/t20-,21-,22+,23?,30+/m1/s1. The molecule has 1 unspecified atom stereocenters. The van der Waals surface area contributed by atoms with Gasteiger partial charge in [-0.1, -0.05) is 58.2 Å². The van der Waals surface area contributed by atoms with E-state index in [-0.39, 0.29) is 6.61 Å². The zero-order chi connectivity index (χ0) is 21.8. The predicted molar refractivity (Wildman–Crippen MR) is 120 cm³/mol. The van der Waals surface area contributed by atoms with Crippen molar-refractivity contribution in [2.75, 3.05) is 26.4 Å². The molecule has 6 nitrogen and oxygen atoms in total. The minimum atomic E-state index is -3.58. The predicted octanol–water partition coefficient (Wildman–Crippen LogP) is 4.49. The first-order chi connectivity index (χ1) is 14.6. The number of benzene rings is 1. The molecule has 7 heteroatoms. The molecular formula is C23H39O6P. The van der Waals surface area contributed by atoms with Gasteiger partial charge in [0.1, 0.15) is 18.3 Å². The Morgan fingerprint density at radius 1 is 0.900 bits per heavy atom. The third-order valence-electron chi connectivity index (χ3n) is 5.28. The molecule has 1 fully saturated rings. The maximum absolute atomic E-state index is 13.9. The second-order valence-electron chi connectivity index (χ2n) is 7.80. The fourth-order valence-electron chi connectivity index (χ4n) is 3.43. The van der Waals surface area contributed by atoms with Crippen molar-refractivity contribution in [3.05, 3.63) is 30.3 Å². The average molecular weight is 443 g/mol. The SMILES string of the molecule is CCCCOC[C@H]1O[P@@](=O)(c2ccccc2)C(O)[C@@H](OCCCC)[C@@H]1OCCCC. The zero-order valence-electron chi connectivity index (χ0n) is 18.7. The number of ether oxygens (including phenoxy) is 3. The van der Waals surface area contributed by atoms with Gasteiger partial charge in [-0.15, -0.1) is 0 Å². The first kappa shape index (κ1) is 25.5. The van der Waals surface area contributed by atoms with Gasteiger partial charge in [-0.2, -0.15) is 0 Å². The van der Waals surface area contributed by atoms with Crippen LogP contribution in [0.3, 0.4) is 0 Å². The largest absolute Gasteiger partial charge is 0.380 e. The van der Waals surface area contributed by atoms with Crippen LogP contribution in [0.4, 0.5) is 0 Å². The van der Waals surface area contributed by atoms with Crippen molar-refractivity contribution in [2.24, 2.45) is 0 Å². The van der Waals surface area contributed by atoms with Crippen molar-refractivity contribution in [2.45, 2.75) is 83.5 Å². The molecule has 0 aliphatic carbocycles. The highest BCUT2D eigenvalue weighted by atomic mass is 31.2. The van der Waals surface area contributed by atoms with Crippen molar-refractivity contribution in [1.29, 1.82) is 0 Å². The Morgan fingerprint density at radius 2 is 1.47 bits per heavy atom. The number of unbranched alkanes of at least 4 members (excludes halogenated alkanes) is 3. The normalized spacial score (nSPS) is 29.2. The lowest BCUT2D eigenvalue weighted by Crippen LogP contribution is -2.55. The summed E-state index contributed by atoms with van der Waals surface area (Å²) in [6.45, 7) is 8.16. The second kappa shape index (κ2) is 13.6. The van der Waals surface area contributed by atoms with Gasteiger partial charge in [-0.3, -0.25) is 4.57 Å². The summed E-state index contributed by atoms with van der Waals surface area (Å²) in [5.41, 5.74) is 0. The van der Waals surface area contributed by atoms with E-state index >= 15 is 0 Å². The Balaban J connectivity index is 2.29. The molecule has 1 aromatic rings. The van der Waals surface area contributed by atoms with Crippen LogP contribution in [0.2, 0.25) is 0 Å². The molecule has 172 valence electrons. The van der Waals surface area contributed by atoms with Gasteiger partial charge >= 0.3 is 0 Å². The van der Waals surface area contributed by atoms with E-state index in [2.05, 4.69) is 20.8 Å². The third kappa shape index (κ3) is 6.88. The summed E-state index contributed by atoms with van der Waals surface area (Å²) in [6.07, 6.45) is 3.88. The van der Waals surface area contributed by atoms with E-state index in [0.717, 1.165) is 38.5 Å². The molecule has 1 N–H and O–H groups in total. The van der Waals surface area contributed by atoms with Crippen molar-refractivity contribution < 1.29 is 28.4 Å². The maximum atomic E-state index is 13.9. The number of rotatable bonds is 14. The first-order valence-electron chi connectivity index (χ1n) is 11.4. The van der Waals surface area contributed by atoms with E-state index in [1.807, 2.05) is 6.07 Å². The lowest BCUT2D eigenvalue weighted by molar-refractivity contribution is -0.166. The molecule has 30 heavy (non-hydrogen) atoms. The van der Waals surface area contributed by atoms with Gasteiger partial charge < -0.3 is 23.8 Å². The van der Waals surface area contributed by atoms with Crippen LogP contribution in [-0.2, 0) is 23.3 Å². The monoisotopic (exact) mass is 442 g/mol. The van der Waals surface area contributed by atoms with Gasteiger partial charge in [0.15, 0.2) is 5.85 Å². The number of aliphatic hydroxyl groups is 1. The fraction of sp³-hybridized carbons (Fsp3) is 0.739. The molecule has 1 aromatic carbocycles. The van der Waals surface area contributed by atoms with E-state index in [1.165, 1.54) is 0 Å². The smallest absolute Gasteiger partial charge is 0.262 e. The van der Waals surface area contributed by atoms with Crippen molar-refractivity contribution >= 4 is 12.7 Å². The Bertz CT molecular complexity index is 625. The van der Waals surface area contributed by atoms with Crippen LogP contribution < -0.4 is 5.30 Å². The van der Waals surface area contributed by atoms with Gasteiger partial charge in [-0.05, 0) is 31.4 Å². The van der Waals surface area contributed by atoms with Crippen LogP contribution in [0.5, 0.6) is 0 Å². The molecule has 0 spiro atoms. The molecule has 1 saturated heterocycles. The van der Waals surface area contributed by atoms with E-state index in [4.69, 9.17) is 18.7 Å². The molecule has 1 aliphatic heterocycles. The summed E-state index contributed by atoms with van der Waals surface area (Å²) in [5, 5.41) is 11.7. The minimum absolute atomic E-state index is 0.258. The molecule has 2 rings (SSSR count).